The Morgan fingerprint density at radius 1 is 1.02 bits per heavy atom. The van der Waals surface area contributed by atoms with Gasteiger partial charge in [0.15, 0.2) is 5.65 Å². The summed E-state index contributed by atoms with van der Waals surface area (Å²) in [6, 6.07) is 11.9. The van der Waals surface area contributed by atoms with Crippen LogP contribution in [0, 0.1) is 0 Å². The first-order valence-electron chi connectivity index (χ1n) is 17.1. The molecule has 0 N–H and O–H groups in total. The molecule has 2 unspecified atom stereocenters. The van der Waals surface area contributed by atoms with Gasteiger partial charge in [-0.3, -0.25) is 14.7 Å². The molecule has 3 aromatic heterocycles. The maximum absolute atomic E-state index is 14.6. The number of hydrogen-bond acceptors (Lipinski definition) is 7. The van der Waals surface area contributed by atoms with Crippen molar-refractivity contribution in [2.75, 3.05) is 31.1 Å². The molecule has 252 valence electrons. The zero-order valence-corrected chi connectivity index (χ0v) is 29.7. The third-order valence-electron chi connectivity index (χ3n) is 9.75. The van der Waals surface area contributed by atoms with Crippen LogP contribution in [0.5, 0.6) is 0 Å². The maximum Gasteiger partial charge on any atom is 0.355 e. The number of fused-ring (bicyclic) bond motifs is 1. The number of benzene rings is 1. The fourth-order valence-corrected chi connectivity index (χ4v) is 7.53. The number of carbonyl (C=O) groups excluding carboxylic acids is 1. The van der Waals surface area contributed by atoms with Gasteiger partial charge in [0.05, 0.1) is 27.5 Å². The Labute approximate surface area is 288 Å². The Kier molecular flexibility index (Phi) is 9.72. The Bertz CT molecular complexity index is 1910. The van der Waals surface area contributed by atoms with Crippen molar-refractivity contribution in [2.24, 2.45) is 0 Å². The van der Waals surface area contributed by atoms with Crippen molar-refractivity contribution >= 4 is 34.4 Å². The van der Waals surface area contributed by atoms with Gasteiger partial charge in [-0.05, 0) is 81.0 Å². The van der Waals surface area contributed by atoms with Gasteiger partial charge in [-0.1, -0.05) is 70.1 Å². The highest BCUT2D eigenvalue weighted by Gasteiger charge is 2.34. The van der Waals surface area contributed by atoms with Crippen molar-refractivity contribution in [3.8, 4) is 16.9 Å². The standard InChI is InChI=1S/C38H46ClN7O2/c1-8-32(47)44-20-26(7)45(21-25(44)6)36-30-19-31(39)34(29-14-10-9-13-28(29)23(2)3)41-37(30)46(38(48)42-36)35-27(22-43-17-11-12-18-43)15-16-40-33(35)24(4)5/h8-10,13-16,19,23-26H,1,11-12,17-18,20-22H2,2-7H3. The average Bonchev–Trinajstić information content (AvgIpc) is 3.58. The van der Waals surface area contributed by atoms with Crippen LogP contribution in [0.15, 0.2) is 60.0 Å². The highest BCUT2D eigenvalue weighted by atomic mass is 35.5. The molecule has 2 saturated heterocycles. The number of carbonyl (C=O) groups is 1. The van der Waals surface area contributed by atoms with Crippen molar-refractivity contribution in [3.63, 3.8) is 0 Å². The first kappa shape index (κ1) is 33.8. The molecule has 0 radical (unpaired) electrons. The number of halogens is 1. The Morgan fingerprint density at radius 2 is 1.75 bits per heavy atom. The van der Waals surface area contributed by atoms with Gasteiger partial charge in [-0.2, -0.15) is 4.98 Å². The van der Waals surface area contributed by atoms with Gasteiger partial charge in [-0.15, -0.1) is 0 Å². The molecular formula is C38H46ClN7O2. The minimum Gasteiger partial charge on any atom is -0.349 e. The molecule has 0 saturated carbocycles. The molecule has 2 aliphatic heterocycles. The quantitative estimate of drug-likeness (QED) is 0.188. The summed E-state index contributed by atoms with van der Waals surface area (Å²) < 4.78 is 1.68. The van der Waals surface area contributed by atoms with Gasteiger partial charge in [-0.25, -0.2) is 14.3 Å². The molecule has 1 aromatic carbocycles. The summed E-state index contributed by atoms with van der Waals surface area (Å²) in [4.78, 5) is 48.6. The van der Waals surface area contributed by atoms with Crippen molar-refractivity contribution in [3.05, 3.63) is 87.6 Å². The van der Waals surface area contributed by atoms with Gasteiger partial charge < -0.3 is 9.80 Å². The number of rotatable bonds is 8. The topological polar surface area (TPSA) is 87.5 Å². The summed E-state index contributed by atoms with van der Waals surface area (Å²) in [6.45, 7) is 20.0. The predicted octanol–water partition coefficient (Wildman–Crippen LogP) is 6.95. The summed E-state index contributed by atoms with van der Waals surface area (Å²) in [5, 5.41) is 1.16. The molecule has 0 aliphatic carbocycles. The summed E-state index contributed by atoms with van der Waals surface area (Å²) in [5.74, 6) is 0.693. The summed E-state index contributed by atoms with van der Waals surface area (Å²) in [7, 11) is 0. The van der Waals surface area contributed by atoms with Gasteiger partial charge in [0.2, 0.25) is 5.91 Å². The average molecular weight is 668 g/mol. The summed E-state index contributed by atoms with van der Waals surface area (Å²) in [5.41, 5.74) is 5.34. The van der Waals surface area contributed by atoms with E-state index in [1.807, 2.05) is 55.3 Å². The molecule has 4 aromatic rings. The number of anilines is 1. The van der Waals surface area contributed by atoms with Crippen LogP contribution in [-0.2, 0) is 11.3 Å². The molecule has 6 rings (SSSR count). The number of piperazine rings is 1. The third-order valence-corrected chi connectivity index (χ3v) is 10.0. The molecule has 5 heterocycles. The van der Waals surface area contributed by atoms with Crippen LogP contribution in [-0.4, -0.2) is 73.5 Å². The Morgan fingerprint density at radius 3 is 2.44 bits per heavy atom. The zero-order valence-electron chi connectivity index (χ0n) is 28.9. The fraction of sp³-hybridized carbons (Fsp3) is 0.447. The second-order valence-electron chi connectivity index (χ2n) is 13.9. The van der Waals surface area contributed by atoms with E-state index in [1.54, 1.807) is 4.57 Å². The minimum absolute atomic E-state index is 0.0462. The van der Waals surface area contributed by atoms with E-state index in [0.29, 0.717) is 47.2 Å². The summed E-state index contributed by atoms with van der Waals surface area (Å²) >= 11 is 7.16. The van der Waals surface area contributed by atoms with Crippen molar-refractivity contribution in [1.29, 1.82) is 0 Å². The van der Waals surface area contributed by atoms with Crippen molar-refractivity contribution in [1.82, 2.24) is 29.3 Å². The number of likely N-dealkylation sites (tertiary alicyclic amines) is 1. The summed E-state index contributed by atoms with van der Waals surface area (Å²) in [6.07, 6.45) is 5.53. The predicted molar refractivity (Wildman–Crippen MR) is 194 cm³/mol. The molecule has 2 fully saturated rings. The number of amides is 1. The van der Waals surface area contributed by atoms with Crippen LogP contribution >= 0.6 is 11.6 Å². The Hall–Kier alpha value is -4.08. The normalized spacial score (nSPS) is 18.8. The lowest BCUT2D eigenvalue weighted by Gasteiger charge is -2.44. The van der Waals surface area contributed by atoms with Crippen LogP contribution in [0.2, 0.25) is 5.02 Å². The number of nitrogens with zero attached hydrogens (tertiary/aromatic N) is 7. The van der Waals surface area contributed by atoms with E-state index in [4.69, 9.17) is 26.6 Å². The second kappa shape index (κ2) is 13.8. The highest BCUT2D eigenvalue weighted by Crippen LogP contribution is 2.38. The smallest absolute Gasteiger partial charge is 0.349 e. The fourth-order valence-electron chi connectivity index (χ4n) is 7.28. The first-order chi connectivity index (χ1) is 23.0. The molecule has 0 spiro atoms. The van der Waals surface area contributed by atoms with E-state index >= 15 is 0 Å². The van der Waals surface area contributed by atoms with Crippen LogP contribution in [0.3, 0.4) is 0 Å². The maximum atomic E-state index is 14.6. The van der Waals surface area contributed by atoms with E-state index in [0.717, 1.165) is 54.0 Å². The number of pyridine rings is 2. The SMILES string of the molecule is C=CC(=O)N1CC(C)N(c2nc(=O)n(-c3c(CN4CCCC4)ccnc3C(C)C)c3nc(-c4ccccc4C(C)C)c(Cl)cc23)CC1C. The molecule has 2 atom stereocenters. The van der Waals surface area contributed by atoms with Gasteiger partial charge in [0.25, 0.3) is 0 Å². The number of aromatic nitrogens is 4. The number of hydrogen-bond donors (Lipinski definition) is 0. The molecule has 2 aliphatic rings. The largest absolute Gasteiger partial charge is 0.355 e. The minimum atomic E-state index is -0.419. The van der Waals surface area contributed by atoms with Gasteiger partial charge in [0.1, 0.15) is 5.82 Å². The monoisotopic (exact) mass is 667 g/mol. The van der Waals surface area contributed by atoms with E-state index in [-0.39, 0.29) is 29.8 Å². The third kappa shape index (κ3) is 6.26. The highest BCUT2D eigenvalue weighted by molar-refractivity contribution is 6.34. The van der Waals surface area contributed by atoms with E-state index in [9.17, 15) is 9.59 Å². The lowest BCUT2D eigenvalue weighted by Crippen LogP contribution is -2.58. The lowest BCUT2D eigenvalue weighted by atomic mass is 9.95. The van der Waals surface area contributed by atoms with Crippen molar-refractivity contribution in [2.45, 2.75) is 84.8 Å². The lowest BCUT2D eigenvalue weighted by molar-refractivity contribution is -0.128. The van der Waals surface area contributed by atoms with Crippen LogP contribution < -0.4 is 10.6 Å². The van der Waals surface area contributed by atoms with Gasteiger partial charge in [0, 0.05) is 43.5 Å². The van der Waals surface area contributed by atoms with E-state index in [2.05, 4.69) is 50.1 Å². The van der Waals surface area contributed by atoms with Crippen LogP contribution in [0.1, 0.15) is 83.0 Å². The molecule has 1 amide bonds. The van der Waals surface area contributed by atoms with Gasteiger partial charge >= 0.3 is 5.69 Å². The van der Waals surface area contributed by atoms with Crippen LogP contribution in [0.25, 0.3) is 28.0 Å². The molecule has 48 heavy (non-hydrogen) atoms. The first-order valence-corrected chi connectivity index (χ1v) is 17.5. The second-order valence-corrected chi connectivity index (χ2v) is 14.3. The van der Waals surface area contributed by atoms with E-state index in [1.165, 1.54) is 6.08 Å². The zero-order chi connectivity index (χ0) is 34.3. The molecule has 9 nitrogen and oxygen atoms in total. The Balaban J connectivity index is 1.65. The van der Waals surface area contributed by atoms with E-state index < -0.39 is 5.69 Å². The molecular weight excluding hydrogens is 622 g/mol. The molecule has 0 bridgehead atoms. The van der Waals surface area contributed by atoms with Crippen LogP contribution in [0.4, 0.5) is 5.82 Å². The van der Waals surface area contributed by atoms with Crippen molar-refractivity contribution < 1.29 is 4.79 Å². The molecule has 10 heteroatoms.